The standard InChI is InChI=1S/C13H13N3O2/c1-10-6-11(2-3-13(17)18)7-15-12(10)8-16-5-4-14-9-16/h2-7,9H,8H2,1H3,(H,17,18)/b3-2+. The molecule has 1 N–H and O–H groups in total. The van der Waals surface area contributed by atoms with Crippen molar-refractivity contribution in [1.82, 2.24) is 14.5 Å². The Kier molecular flexibility index (Phi) is 3.52. The number of aryl methyl sites for hydroxylation is 1. The molecule has 5 heteroatoms. The molecule has 2 aromatic rings. The van der Waals surface area contributed by atoms with E-state index in [1.165, 1.54) is 6.08 Å². The number of carboxylic acid groups (broad SMARTS) is 1. The third-order valence-electron chi connectivity index (χ3n) is 2.52. The van der Waals surface area contributed by atoms with Gasteiger partial charge in [-0.15, -0.1) is 0 Å². The molecule has 0 amide bonds. The van der Waals surface area contributed by atoms with Crippen molar-refractivity contribution in [2.45, 2.75) is 13.5 Å². The largest absolute Gasteiger partial charge is 0.478 e. The van der Waals surface area contributed by atoms with Gasteiger partial charge >= 0.3 is 5.97 Å². The number of aliphatic carboxylic acids is 1. The number of hydrogen-bond donors (Lipinski definition) is 1. The van der Waals surface area contributed by atoms with Gasteiger partial charge in [0.05, 0.1) is 18.6 Å². The number of carboxylic acids is 1. The van der Waals surface area contributed by atoms with Crippen molar-refractivity contribution in [1.29, 1.82) is 0 Å². The van der Waals surface area contributed by atoms with Gasteiger partial charge in [0.15, 0.2) is 0 Å². The molecule has 92 valence electrons. The summed E-state index contributed by atoms with van der Waals surface area (Å²) in [5, 5.41) is 8.55. The Morgan fingerprint density at radius 1 is 1.56 bits per heavy atom. The average molecular weight is 243 g/mol. The molecule has 0 aliphatic rings. The molecule has 0 spiro atoms. The maximum absolute atomic E-state index is 10.4. The van der Waals surface area contributed by atoms with E-state index in [2.05, 4.69) is 9.97 Å². The van der Waals surface area contributed by atoms with E-state index in [9.17, 15) is 4.79 Å². The number of pyridine rings is 1. The quantitative estimate of drug-likeness (QED) is 0.830. The first-order valence-electron chi connectivity index (χ1n) is 5.47. The second-order valence-corrected chi connectivity index (χ2v) is 3.94. The summed E-state index contributed by atoms with van der Waals surface area (Å²) in [7, 11) is 0. The maximum Gasteiger partial charge on any atom is 0.328 e. The lowest BCUT2D eigenvalue weighted by atomic mass is 10.1. The second-order valence-electron chi connectivity index (χ2n) is 3.94. The van der Waals surface area contributed by atoms with Crippen LogP contribution in [0.15, 0.2) is 37.1 Å². The number of rotatable bonds is 4. The van der Waals surface area contributed by atoms with Crippen LogP contribution in [-0.2, 0) is 11.3 Å². The van der Waals surface area contributed by atoms with E-state index in [0.29, 0.717) is 6.54 Å². The lowest BCUT2D eigenvalue weighted by Crippen LogP contribution is -2.02. The molecule has 5 nitrogen and oxygen atoms in total. The van der Waals surface area contributed by atoms with Crippen molar-refractivity contribution >= 4 is 12.0 Å². The van der Waals surface area contributed by atoms with Gasteiger partial charge in [-0.05, 0) is 30.2 Å². The average Bonchev–Trinajstić information content (AvgIpc) is 2.82. The van der Waals surface area contributed by atoms with Crippen LogP contribution in [0.4, 0.5) is 0 Å². The smallest absolute Gasteiger partial charge is 0.328 e. The Morgan fingerprint density at radius 2 is 2.39 bits per heavy atom. The monoisotopic (exact) mass is 243 g/mol. The van der Waals surface area contributed by atoms with Gasteiger partial charge in [-0.3, -0.25) is 4.98 Å². The molecule has 0 aliphatic carbocycles. The molecule has 0 bridgehead atoms. The molecule has 0 saturated carbocycles. The molecule has 2 aromatic heterocycles. The van der Waals surface area contributed by atoms with Gasteiger partial charge in [0.2, 0.25) is 0 Å². The highest BCUT2D eigenvalue weighted by molar-refractivity contribution is 5.85. The van der Waals surface area contributed by atoms with Gasteiger partial charge in [0, 0.05) is 24.7 Å². The van der Waals surface area contributed by atoms with Gasteiger partial charge in [0.1, 0.15) is 0 Å². The Morgan fingerprint density at radius 3 is 3.00 bits per heavy atom. The summed E-state index contributed by atoms with van der Waals surface area (Å²) in [5.74, 6) is -0.963. The minimum absolute atomic E-state index is 0.661. The first-order valence-corrected chi connectivity index (χ1v) is 5.47. The van der Waals surface area contributed by atoms with Gasteiger partial charge in [-0.2, -0.15) is 0 Å². The summed E-state index contributed by atoms with van der Waals surface area (Å²) in [6.45, 7) is 2.62. The second kappa shape index (κ2) is 5.27. The van der Waals surface area contributed by atoms with Crippen LogP contribution in [0, 0.1) is 6.92 Å². The van der Waals surface area contributed by atoms with E-state index in [4.69, 9.17) is 5.11 Å². The van der Waals surface area contributed by atoms with Crippen molar-refractivity contribution in [2.24, 2.45) is 0 Å². The fourth-order valence-electron chi connectivity index (χ4n) is 1.60. The Bertz CT molecular complexity index is 574. The summed E-state index contributed by atoms with van der Waals surface area (Å²) >= 11 is 0. The van der Waals surface area contributed by atoms with E-state index in [0.717, 1.165) is 22.9 Å². The first kappa shape index (κ1) is 12.0. The molecular formula is C13H13N3O2. The van der Waals surface area contributed by atoms with Gasteiger partial charge in [0.25, 0.3) is 0 Å². The van der Waals surface area contributed by atoms with Crippen LogP contribution >= 0.6 is 0 Å². The number of hydrogen-bond acceptors (Lipinski definition) is 3. The van der Waals surface area contributed by atoms with Crippen LogP contribution in [-0.4, -0.2) is 25.6 Å². The third kappa shape index (κ3) is 3.04. The van der Waals surface area contributed by atoms with E-state index in [-0.39, 0.29) is 0 Å². The highest BCUT2D eigenvalue weighted by Gasteiger charge is 2.02. The highest BCUT2D eigenvalue weighted by atomic mass is 16.4. The molecule has 0 saturated heterocycles. The van der Waals surface area contributed by atoms with Crippen molar-refractivity contribution < 1.29 is 9.90 Å². The molecule has 0 aliphatic heterocycles. The van der Waals surface area contributed by atoms with Crippen molar-refractivity contribution in [3.63, 3.8) is 0 Å². The van der Waals surface area contributed by atoms with Gasteiger partial charge < -0.3 is 9.67 Å². The zero-order chi connectivity index (χ0) is 13.0. The fraction of sp³-hybridized carbons (Fsp3) is 0.154. The molecule has 2 heterocycles. The topological polar surface area (TPSA) is 68.0 Å². The summed E-state index contributed by atoms with van der Waals surface area (Å²) in [4.78, 5) is 18.7. The van der Waals surface area contributed by atoms with Crippen molar-refractivity contribution in [2.75, 3.05) is 0 Å². The number of aromatic nitrogens is 3. The summed E-state index contributed by atoms with van der Waals surface area (Å²) < 4.78 is 1.93. The Balaban J connectivity index is 2.17. The lowest BCUT2D eigenvalue weighted by Gasteiger charge is -2.06. The maximum atomic E-state index is 10.4. The first-order chi connectivity index (χ1) is 8.65. The van der Waals surface area contributed by atoms with Gasteiger partial charge in [-0.1, -0.05) is 0 Å². The van der Waals surface area contributed by atoms with Gasteiger partial charge in [-0.25, -0.2) is 9.78 Å². The lowest BCUT2D eigenvalue weighted by molar-refractivity contribution is -0.131. The van der Waals surface area contributed by atoms with E-state index >= 15 is 0 Å². The van der Waals surface area contributed by atoms with E-state index in [1.54, 1.807) is 18.7 Å². The fourth-order valence-corrected chi connectivity index (χ4v) is 1.60. The number of carbonyl (C=O) groups is 1. The zero-order valence-corrected chi connectivity index (χ0v) is 9.95. The van der Waals surface area contributed by atoms with Crippen molar-refractivity contribution in [3.05, 3.63) is 53.9 Å². The van der Waals surface area contributed by atoms with Crippen LogP contribution < -0.4 is 0 Å². The van der Waals surface area contributed by atoms with Crippen LogP contribution in [0.25, 0.3) is 6.08 Å². The number of nitrogens with zero attached hydrogens (tertiary/aromatic N) is 3. The molecular weight excluding hydrogens is 230 g/mol. The molecule has 0 unspecified atom stereocenters. The molecule has 18 heavy (non-hydrogen) atoms. The minimum atomic E-state index is -0.963. The molecule has 0 aromatic carbocycles. The van der Waals surface area contributed by atoms with Crippen LogP contribution in [0.1, 0.15) is 16.8 Å². The van der Waals surface area contributed by atoms with Crippen LogP contribution in [0.5, 0.6) is 0 Å². The zero-order valence-electron chi connectivity index (χ0n) is 9.95. The molecule has 0 radical (unpaired) electrons. The van der Waals surface area contributed by atoms with Crippen molar-refractivity contribution in [3.8, 4) is 0 Å². The minimum Gasteiger partial charge on any atom is -0.478 e. The Labute approximate surface area is 104 Å². The number of imidazole rings is 1. The molecule has 2 rings (SSSR count). The van der Waals surface area contributed by atoms with E-state index < -0.39 is 5.97 Å². The molecule has 0 atom stereocenters. The summed E-state index contributed by atoms with van der Waals surface area (Å²) in [5.41, 5.74) is 2.75. The summed E-state index contributed by atoms with van der Waals surface area (Å²) in [6.07, 6.45) is 9.63. The Hall–Kier alpha value is -2.43. The third-order valence-corrected chi connectivity index (χ3v) is 2.52. The predicted molar refractivity (Wildman–Crippen MR) is 67.0 cm³/mol. The van der Waals surface area contributed by atoms with Crippen LogP contribution in [0.2, 0.25) is 0 Å². The SMILES string of the molecule is Cc1cc(/C=C/C(=O)O)cnc1Cn1ccnc1. The highest BCUT2D eigenvalue weighted by Crippen LogP contribution is 2.10. The van der Waals surface area contributed by atoms with E-state index in [1.807, 2.05) is 23.8 Å². The summed E-state index contributed by atoms with van der Waals surface area (Å²) in [6, 6.07) is 1.92. The molecule has 0 fully saturated rings. The predicted octanol–water partition coefficient (Wildman–Crippen LogP) is 1.73. The normalized spacial score (nSPS) is 10.9. The van der Waals surface area contributed by atoms with Crippen LogP contribution in [0.3, 0.4) is 0 Å².